The predicted octanol–water partition coefficient (Wildman–Crippen LogP) is 18.0. The number of aryl methyl sites for hydroxylation is 2. The molecular formula is C72H56FIr4N5-4. The molecule has 0 saturated heterocycles. The maximum Gasteiger partial charge on any atom is 0.123 e. The minimum Gasteiger partial charge on any atom is -0.305 e. The van der Waals surface area contributed by atoms with Gasteiger partial charge in [0.1, 0.15) is 5.82 Å². The van der Waals surface area contributed by atoms with Gasteiger partial charge in [-0.3, -0.25) is 4.98 Å². The number of hydrogen-bond donors (Lipinski definition) is 0. The molecule has 12 aromatic rings. The van der Waals surface area contributed by atoms with Gasteiger partial charge in [0.05, 0.1) is 5.69 Å². The van der Waals surface area contributed by atoms with E-state index in [9.17, 15) is 4.39 Å². The van der Waals surface area contributed by atoms with Crippen molar-refractivity contribution in [3.8, 4) is 89.7 Å². The van der Waals surface area contributed by atoms with Crippen LogP contribution in [-0.4, -0.2) is 24.9 Å². The van der Waals surface area contributed by atoms with Crippen molar-refractivity contribution in [3.63, 3.8) is 0 Å². The topological polar surface area (TPSA) is 64.5 Å². The number of nitrogens with zero attached hydrogens (tertiary/aromatic N) is 5. The van der Waals surface area contributed by atoms with E-state index in [0.717, 1.165) is 73.8 Å². The molecule has 0 aliphatic heterocycles. The molecule has 12 rings (SSSR count). The maximum absolute atomic E-state index is 13.3. The van der Waals surface area contributed by atoms with Crippen LogP contribution < -0.4 is 0 Å². The Morgan fingerprint density at radius 3 is 1.18 bits per heavy atom. The fourth-order valence-corrected chi connectivity index (χ4v) is 8.52. The summed E-state index contributed by atoms with van der Waals surface area (Å²) in [5.41, 5.74) is 19.1. The zero-order valence-corrected chi connectivity index (χ0v) is 54.6. The first-order valence-corrected chi connectivity index (χ1v) is 26.0. The van der Waals surface area contributed by atoms with Gasteiger partial charge in [-0.05, 0) is 113 Å². The van der Waals surface area contributed by atoms with Crippen LogP contribution in [-0.2, 0) is 86.8 Å². The Hall–Kier alpha value is -7.18. The molecule has 416 valence electrons. The van der Waals surface area contributed by atoms with Crippen LogP contribution in [0, 0.1) is 37.0 Å². The summed E-state index contributed by atoms with van der Waals surface area (Å²) < 4.78 is 13.3. The molecule has 0 aliphatic carbocycles. The van der Waals surface area contributed by atoms with Crippen molar-refractivity contribution < 1.29 is 84.8 Å². The van der Waals surface area contributed by atoms with E-state index in [-0.39, 0.29) is 86.2 Å². The first-order chi connectivity index (χ1) is 38.5. The van der Waals surface area contributed by atoms with Crippen LogP contribution in [0.5, 0.6) is 0 Å². The van der Waals surface area contributed by atoms with Gasteiger partial charge in [-0.1, -0.05) is 140 Å². The quantitative estimate of drug-likeness (QED) is 0.121. The Bertz CT molecular complexity index is 3540. The zero-order chi connectivity index (χ0) is 53.6. The molecule has 0 unspecified atom stereocenters. The second-order valence-electron chi connectivity index (χ2n) is 18.2. The van der Waals surface area contributed by atoms with Crippen molar-refractivity contribution in [2.45, 2.75) is 33.1 Å². The minimum atomic E-state index is -0.232. The smallest absolute Gasteiger partial charge is 0.123 e. The van der Waals surface area contributed by atoms with Gasteiger partial charge in [0.2, 0.25) is 0 Å². The number of rotatable bonds is 11. The molecule has 0 amide bonds. The Labute approximate surface area is 536 Å². The summed E-state index contributed by atoms with van der Waals surface area (Å²) in [7, 11) is 0. The van der Waals surface area contributed by atoms with Crippen LogP contribution in [0.4, 0.5) is 4.39 Å². The van der Waals surface area contributed by atoms with E-state index in [1.807, 2.05) is 152 Å². The summed E-state index contributed by atoms with van der Waals surface area (Å²) in [4.78, 5) is 21.8. The first kappa shape index (κ1) is 65.6. The summed E-state index contributed by atoms with van der Waals surface area (Å²) in [6.07, 6.45) is 12.6. The van der Waals surface area contributed by atoms with Crippen molar-refractivity contribution in [2.24, 2.45) is 0 Å². The molecule has 4 radical (unpaired) electrons. The number of benzene rings is 7. The van der Waals surface area contributed by atoms with Gasteiger partial charge in [-0.15, -0.1) is 136 Å². The minimum absolute atomic E-state index is 0. The van der Waals surface area contributed by atoms with Gasteiger partial charge in [0.25, 0.3) is 0 Å². The average molecular weight is 1780 g/mol. The molecule has 82 heavy (non-hydrogen) atoms. The molecule has 10 heteroatoms. The maximum atomic E-state index is 13.3. The average Bonchev–Trinajstić information content (AvgIpc) is 3.58. The van der Waals surface area contributed by atoms with E-state index in [1.165, 1.54) is 58.4 Å². The third kappa shape index (κ3) is 19.5. The molecule has 7 aromatic carbocycles. The fraction of sp³-hybridized carbons (Fsp3) is 0.0694. The van der Waals surface area contributed by atoms with Crippen molar-refractivity contribution >= 4 is 0 Å². The number of hydrogen-bond acceptors (Lipinski definition) is 5. The van der Waals surface area contributed by atoms with Crippen LogP contribution in [0.15, 0.2) is 268 Å². The predicted molar refractivity (Wildman–Crippen MR) is 317 cm³/mol. The first-order valence-electron chi connectivity index (χ1n) is 26.0. The molecule has 0 spiro atoms. The molecule has 5 heterocycles. The van der Waals surface area contributed by atoms with Gasteiger partial charge in [0, 0.05) is 111 Å². The Morgan fingerprint density at radius 2 is 0.720 bits per heavy atom. The zero-order valence-electron chi connectivity index (χ0n) is 45.0. The van der Waals surface area contributed by atoms with Crippen molar-refractivity contribution in [1.29, 1.82) is 0 Å². The molecule has 5 aromatic heterocycles. The fourth-order valence-electron chi connectivity index (χ4n) is 8.52. The van der Waals surface area contributed by atoms with Crippen molar-refractivity contribution in [3.05, 3.63) is 309 Å². The standard InChI is InChI=1S/C22H22N.C17H11FN.C17H12N.C16H11N2.4Ir/c1-3-4-7-18-8-5-9-19(15-18)20-10-6-11-21(16-20)22-14-17(2)12-13-23-22;18-16-8-4-6-14(12-16)13-5-3-7-15(11-13)17-9-1-2-10-19-17;1-2-7-14(8-3-1)15-9-6-10-16(13-15)17-11-4-5-12-18-17;1-3-10-17-15(8-1)13-6-5-7-14(12-13)16-9-2-4-11-18-16;;;;/h5-6,8-10,12-16H,3-4,7H2,1-2H3;1-6,8-12H;1-9,11-13H;1-6,8-12H;;;;/q4*-1;;;;. The third-order valence-electron chi connectivity index (χ3n) is 12.5. The van der Waals surface area contributed by atoms with Crippen molar-refractivity contribution in [2.75, 3.05) is 0 Å². The Kier molecular flexibility index (Phi) is 28.0. The van der Waals surface area contributed by atoms with E-state index in [2.05, 4.69) is 136 Å². The molecule has 0 atom stereocenters. The summed E-state index contributed by atoms with van der Waals surface area (Å²) >= 11 is 0. The molecule has 5 nitrogen and oxygen atoms in total. The van der Waals surface area contributed by atoms with Gasteiger partial charge in [-0.25, -0.2) is 4.39 Å². The molecule has 0 saturated carbocycles. The van der Waals surface area contributed by atoms with Crippen LogP contribution in [0.3, 0.4) is 0 Å². The van der Waals surface area contributed by atoms with E-state index < -0.39 is 0 Å². The van der Waals surface area contributed by atoms with Gasteiger partial charge < -0.3 is 19.9 Å². The number of unbranched alkanes of at least 4 members (excludes halogenated alkanes) is 1. The van der Waals surface area contributed by atoms with Crippen molar-refractivity contribution in [1.82, 2.24) is 24.9 Å². The number of aromatic nitrogens is 5. The van der Waals surface area contributed by atoms with E-state index >= 15 is 0 Å². The summed E-state index contributed by atoms with van der Waals surface area (Å²) in [5.74, 6) is -0.232. The van der Waals surface area contributed by atoms with Crippen LogP contribution in [0.1, 0.15) is 30.9 Å². The van der Waals surface area contributed by atoms with E-state index in [1.54, 1.807) is 30.9 Å². The van der Waals surface area contributed by atoms with Crippen LogP contribution in [0.2, 0.25) is 0 Å². The van der Waals surface area contributed by atoms with Gasteiger partial charge in [-0.2, -0.15) is 0 Å². The third-order valence-corrected chi connectivity index (χ3v) is 12.5. The summed E-state index contributed by atoms with van der Waals surface area (Å²) in [6, 6.07) is 90.4. The second kappa shape index (κ2) is 35.0. The number of pyridine rings is 5. The molecule has 0 N–H and O–H groups in total. The number of halogens is 1. The van der Waals surface area contributed by atoms with Crippen LogP contribution in [0.25, 0.3) is 89.7 Å². The molecule has 0 bridgehead atoms. The summed E-state index contributed by atoms with van der Waals surface area (Å²) in [5, 5.41) is 0. The van der Waals surface area contributed by atoms with E-state index in [4.69, 9.17) is 0 Å². The van der Waals surface area contributed by atoms with E-state index in [0.29, 0.717) is 0 Å². The second-order valence-corrected chi connectivity index (χ2v) is 18.2. The molecule has 0 fully saturated rings. The van der Waals surface area contributed by atoms with Gasteiger partial charge >= 0.3 is 0 Å². The Morgan fingerprint density at radius 1 is 0.329 bits per heavy atom. The van der Waals surface area contributed by atoms with Crippen LogP contribution >= 0.6 is 0 Å². The Balaban J connectivity index is 0.000000198. The molecule has 0 aliphatic rings. The largest absolute Gasteiger partial charge is 0.305 e. The monoisotopic (exact) mass is 1780 g/mol. The normalized spacial score (nSPS) is 9.89. The molecular weight excluding hydrogens is 1720 g/mol. The SMILES string of the molecule is CCCCc1cccc(-c2cc[c-]c(-c3cc(C)ccn3)c2)c1.Fc1cccc(-c2cc[c-]c(-c3ccccn3)c2)c1.[Ir].[Ir].[Ir].[Ir].[c-]1ccc(-c2ccccc2)cc1-c1ccccn1.[c-]1ccc(-c2ccccn2)cc1-c1ccccn1. The van der Waals surface area contributed by atoms with Gasteiger partial charge in [0.15, 0.2) is 0 Å². The summed E-state index contributed by atoms with van der Waals surface area (Å²) in [6.45, 7) is 4.32.